The van der Waals surface area contributed by atoms with Gasteiger partial charge in [-0.15, -0.1) is 0 Å². The van der Waals surface area contributed by atoms with E-state index in [1.807, 2.05) is 0 Å². The Morgan fingerprint density at radius 2 is 0.531 bits per heavy atom. The first-order valence-electron chi connectivity index (χ1n) is 60.9. The number of fused-ring (bicyclic) bond motifs is 6. The lowest BCUT2D eigenvalue weighted by molar-refractivity contribution is 0.116. The van der Waals surface area contributed by atoms with Crippen molar-refractivity contribution in [2.45, 2.75) is 578 Å². The van der Waals surface area contributed by atoms with Gasteiger partial charge in [-0.3, -0.25) is 0 Å². The quantitative estimate of drug-likeness (QED) is 0.0339. The van der Waals surface area contributed by atoms with Gasteiger partial charge in [0.1, 0.15) is 12.2 Å². The zero-order valence-electron chi connectivity index (χ0n) is 98.2. The number of hydrogen-bond donors (Lipinski definition) is 0. The third-order valence-electron chi connectivity index (χ3n) is 37.1. The monoisotopic (exact) mass is 2260 g/mol. The summed E-state index contributed by atoms with van der Waals surface area (Å²) in [6.45, 7) is 72.3. The molecule has 145 heavy (non-hydrogen) atoms. The Hall–Kier alpha value is 1.54. The number of aryl methyl sites for hydroxylation is 2. The highest BCUT2D eigenvalue weighted by Crippen LogP contribution is 2.51. The van der Waals surface area contributed by atoms with E-state index >= 15 is 0 Å². The third kappa shape index (κ3) is 45.6. The van der Waals surface area contributed by atoms with Gasteiger partial charge in [0.2, 0.25) is 0 Å². The Kier molecular flexibility index (Phi) is 44.6. The van der Waals surface area contributed by atoms with E-state index in [1.54, 1.807) is 0 Å². The average Bonchev–Trinajstić information content (AvgIpc) is 1.68. The molecule has 16 aliphatic rings. The predicted molar refractivity (Wildman–Crippen MR) is 635 cm³/mol. The fourth-order valence-corrected chi connectivity index (χ4v) is 90.4. The summed E-state index contributed by atoms with van der Waals surface area (Å²) in [7, 11) is -23.6. The standard InChI is InChI=1S/C48H96O6Si6.C34H62O4Si4.C16H34O5Si2.C15H30O3Si2/c1-55(2,52-56(3,4)28-22-38-14-18-43-46(34-38)49-43)27-21-37-13-17-41(25-31-59(9,10)53-57(5,6)29-23-39-15-19-44-47(35-39)50-44)42(33-37)26-32-60(11,12)54-58(7,8)30-24-40-16-20-45-48(36-40)51-45;1-39(2,37-41(5,6)23-19-29-13-15-31-33(25-29)35-31)21-17-27-9-11-28(12-10-27)18-22-40(3,4)38-42(7,8)24-20-30-14-16-32-34(26-30)36-32;1-22(2,9-5-7-17-11-15-13-19-15)21-23(3,4)10-6-8-18-12-16-14-20-16;1-19(2)16-9-4-5-10-20(3,18-19)11-8-13-6-7-14-15(12-13)17-14/h37-48H,13-36H2,1-12H3;9-12,29-34H,13-26H2,1-8H3;15-16H,5-14H2,1-4H3;13-15H,4-12H2,1-3H3. The average molecular weight is 2260 g/mol. The minimum atomic E-state index is -1.86. The van der Waals surface area contributed by atoms with Crippen molar-refractivity contribution in [3.05, 3.63) is 35.4 Å². The van der Waals surface area contributed by atoms with E-state index in [0.29, 0.717) is 85.5 Å². The van der Waals surface area contributed by atoms with E-state index in [4.69, 9.17) is 80.6 Å². The van der Waals surface area contributed by atoms with Crippen molar-refractivity contribution in [2.75, 3.05) is 46.2 Å². The van der Waals surface area contributed by atoms with Crippen LogP contribution in [0.1, 0.15) is 229 Å². The van der Waals surface area contributed by atoms with Crippen molar-refractivity contribution in [1.82, 2.24) is 0 Å². The second-order valence-electron chi connectivity index (χ2n) is 58.5. The second-order valence-corrected chi connectivity index (χ2v) is 119. The molecule has 9 heterocycles. The van der Waals surface area contributed by atoms with Gasteiger partial charge in [-0.2, -0.15) is 0 Å². The van der Waals surface area contributed by atoms with Crippen molar-refractivity contribution in [3.63, 3.8) is 0 Å². The highest BCUT2D eigenvalue weighted by Gasteiger charge is 2.53. The topological polar surface area (TPSA) is 193 Å². The van der Waals surface area contributed by atoms with Crippen molar-refractivity contribution in [2.24, 2.45) is 53.3 Å². The summed E-state index contributed by atoms with van der Waals surface area (Å²) >= 11 is 0. The zero-order valence-corrected chi connectivity index (χ0v) is 112. The molecule has 0 spiro atoms. The lowest BCUT2D eigenvalue weighted by atomic mass is 9.71. The Balaban J connectivity index is 0.000000168. The highest BCUT2D eigenvalue weighted by molar-refractivity contribution is 6.88. The first-order valence-corrected chi connectivity index (χ1v) is 104. The van der Waals surface area contributed by atoms with Crippen LogP contribution in [-0.4, -0.2) is 248 Å². The molecule has 0 amide bonds. The van der Waals surface area contributed by atoms with Gasteiger partial charge in [0.25, 0.3) is 0 Å². The van der Waals surface area contributed by atoms with Crippen LogP contribution in [0.2, 0.25) is 261 Å². The van der Waals surface area contributed by atoms with Crippen LogP contribution in [0.3, 0.4) is 0 Å². The van der Waals surface area contributed by atoms with Crippen LogP contribution in [0.4, 0.5) is 0 Å². The summed E-state index contributed by atoms with van der Waals surface area (Å²) in [6.07, 6.45) is 55.6. The molecule has 0 radical (unpaired) electrons. The van der Waals surface area contributed by atoms with Crippen molar-refractivity contribution >= 4 is 117 Å². The summed E-state index contributed by atoms with van der Waals surface area (Å²) in [5.74, 6) is 7.80. The van der Waals surface area contributed by atoms with Gasteiger partial charge < -0.3 is 80.6 Å². The summed E-state index contributed by atoms with van der Waals surface area (Å²) in [5.41, 5.74) is 2.94. The maximum Gasteiger partial charge on any atom is 0.321 e. The Bertz CT molecular complexity index is 3910. The Labute approximate surface area is 903 Å². The maximum absolute atomic E-state index is 7.37. The molecule has 32 heteroatoms. The lowest BCUT2D eigenvalue weighted by Crippen LogP contribution is -2.49. The fraction of sp³-hybridized carbons (Fsp3) is 0.947. The molecule has 0 N–H and O–H groups in total. The van der Waals surface area contributed by atoms with Gasteiger partial charge in [-0.25, -0.2) is 0 Å². The third-order valence-corrected chi connectivity index (χ3v) is 89.2. The number of epoxide rings is 8. The smallest absolute Gasteiger partial charge is 0.321 e. The van der Waals surface area contributed by atoms with Crippen molar-refractivity contribution < 1.29 is 80.6 Å². The molecule has 9 saturated heterocycles. The number of benzene rings is 1. The number of hydrogen-bond acceptors (Lipinski definition) is 18. The molecular weight excluding hydrogens is 2040 g/mol. The number of rotatable bonds is 57. The minimum Gasteiger partial charge on any atom is -0.455 e. The Morgan fingerprint density at radius 3 is 0.821 bits per heavy atom. The van der Waals surface area contributed by atoms with Crippen LogP contribution >= 0.6 is 0 Å². The fourth-order valence-electron chi connectivity index (χ4n) is 28.4. The van der Waals surface area contributed by atoms with Crippen LogP contribution in [0.25, 0.3) is 0 Å². The minimum absolute atomic E-state index is 0.372. The van der Waals surface area contributed by atoms with Gasteiger partial charge in [-0.05, 0) is 486 Å². The molecule has 17 rings (SSSR count). The predicted octanol–water partition coefficient (Wildman–Crippen LogP) is 31.0. The van der Waals surface area contributed by atoms with Crippen molar-refractivity contribution in [3.8, 4) is 0 Å². The zero-order chi connectivity index (χ0) is 104. The highest BCUT2D eigenvalue weighted by atomic mass is 28.5. The molecule has 18 nitrogen and oxygen atoms in total. The van der Waals surface area contributed by atoms with E-state index in [-0.39, 0.29) is 0 Å². The van der Waals surface area contributed by atoms with E-state index in [0.717, 1.165) is 125 Å². The SMILES string of the molecule is C[Si](C)(CCC1CCC(CC[Si](C)(C)O[Si](C)(C)CCC2CCC3OC3C2)C(CC[Si](C)(C)O[Si](C)(C)CCC2CCC3OC3C2)C1)O[Si](C)(C)CCC1CCC2OC2C1.C[Si](C)(CCCOCC1CO1)O[Si](C)(C)CCCOCC1CO1.C[Si](C)(CCc1ccc(CC[Si](C)(C)O[Si](C)(C)CCC2CCC3OC3C2)cc1)O[Si](C)(C)CCC1CCC2OC2C1.C[Si]1(CCC2CCC3OC3C2)CCCCO[Si](C)(C)O1. The van der Waals surface area contributed by atoms with Crippen LogP contribution in [-0.2, 0) is 93.4 Å². The Morgan fingerprint density at radius 1 is 0.276 bits per heavy atom. The number of ether oxygens (including phenoxy) is 10. The van der Waals surface area contributed by atoms with Crippen LogP contribution < -0.4 is 0 Å². The molecule has 7 aliphatic carbocycles. The first-order chi connectivity index (χ1) is 68.0. The van der Waals surface area contributed by atoms with E-state index in [1.165, 1.54) is 301 Å². The van der Waals surface area contributed by atoms with E-state index in [2.05, 4.69) is 201 Å². The summed E-state index contributed by atoms with van der Waals surface area (Å²) < 4.78 is 112. The van der Waals surface area contributed by atoms with Gasteiger partial charge >= 0.3 is 8.56 Å². The molecule has 0 aromatic heterocycles. The molecule has 1 aromatic carbocycles. The van der Waals surface area contributed by atoms with Crippen LogP contribution in [0, 0.1) is 53.3 Å². The van der Waals surface area contributed by atoms with Gasteiger partial charge in [0, 0.05) is 19.8 Å². The van der Waals surface area contributed by atoms with Gasteiger partial charge in [0.05, 0.1) is 99.7 Å². The van der Waals surface area contributed by atoms with Gasteiger partial charge in [-0.1, -0.05) is 94.9 Å². The molecule has 1 aromatic rings. The summed E-state index contributed by atoms with van der Waals surface area (Å²) in [5, 5.41) is 0. The van der Waals surface area contributed by atoms with E-state index in [9.17, 15) is 0 Å². The van der Waals surface area contributed by atoms with Crippen molar-refractivity contribution in [1.29, 1.82) is 0 Å². The van der Waals surface area contributed by atoms with Crippen LogP contribution in [0.15, 0.2) is 24.3 Å². The van der Waals surface area contributed by atoms with E-state index < -0.39 is 117 Å². The molecule has 7 saturated carbocycles. The first kappa shape index (κ1) is 122. The summed E-state index contributed by atoms with van der Waals surface area (Å²) in [4.78, 5) is 0. The molecule has 0 bridgehead atoms. The van der Waals surface area contributed by atoms with Crippen LogP contribution in [0.5, 0.6) is 0 Å². The molecule has 24 unspecified atom stereocenters. The second kappa shape index (κ2) is 53.0. The molecule has 16 fully saturated rings. The molecular formula is C113H222O18Si14. The lowest BCUT2D eigenvalue weighted by Gasteiger charge is -2.42. The summed E-state index contributed by atoms with van der Waals surface area (Å²) in [6, 6.07) is 27.6. The molecule has 9 aliphatic heterocycles. The molecule has 838 valence electrons. The largest absolute Gasteiger partial charge is 0.455 e. The maximum atomic E-state index is 7.37. The van der Waals surface area contributed by atoms with Gasteiger partial charge in [0.15, 0.2) is 108 Å². The molecule has 24 atom stereocenters. The normalized spacial score (nSPS) is 33.4.